The van der Waals surface area contributed by atoms with Crippen molar-refractivity contribution in [2.24, 2.45) is 0 Å². The van der Waals surface area contributed by atoms with E-state index in [-0.39, 0.29) is 6.42 Å². The van der Waals surface area contributed by atoms with Gasteiger partial charge in [0.05, 0.1) is 6.10 Å². The van der Waals surface area contributed by atoms with E-state index in [4.69, 9.17) is 11.6 Å². The molecule has 1 nitrogen and oxygen atoms in total. The van der Waals surface area contributed by atoms with Crippen molar-refractivity contribution in [2.45, 2.75) is 12.5 Å². The molecular weight excluding hydrogens is 445 g/mol. The van der Waals surface area contributed by atoms with E-state index in [9.17, 15) is 9.50 Å². The smallest absolute Gasteiger partial charge is 0.127 e. The molecule has 0 radical (unpaired) electrons. The first kappa shape index (κ1) is 15.2. The molecule has 2 aromatic carbocycles. The van der Waals surface area contributed by atoms with Crippen molar-refractivity contribution in [1.29, 1.82) is 0 Å². The van der Waals surface area contributed by atoms with Crippen LogP contribution in [-0.2, 0) is 6.42 Å². The molecule has 0 bridgehead atoms. The van der Waals surface area contributed by atoms with Crippen LogP contribution in [0.15, 0.2) is 40.9 Å². The molecule has 0 amide bonds. The summed E-state index contributed by atoms with van der Waals surface area (Å²) in [5, 5.41) is 10.6. The first-order valence-corrected chi connectivity index (χ1v) is 7.79. The number of hydrogen-bond acceptors (Lipinski definition) is 1. The molecule has 0 spiro atoms. The first-order chi connectivity index (χ1) is 8.97. The minimum atomic E-state index is -0.764. The summed E-state index contributed by atoms with van der Waals surface area (Å²) < 4.78 is 15.5. The maximum Gasteiger partial charge on any atom is 0.127 e. The van der Waals surface area contributed by atoms with Crippen LogP contribution in [-0.4, -0.2) is 5.11 Å². The maximum absolute atomic E-state index is 13.7. The number of rotatable bonds is 3. The second-order valence-corrected chi connectivity index (χ2v) is 6.66. The van der Waals surface area contributed by atoms with Crippen LogP contribution in [0.3, 0.4) is 0 Å². The lowest BCUT2D eigenvalue weighted by molar-refractivity contribution is 0.176. The Balaban J connectivity index is 2.25. The van der Waals surface area contributed by atoms with E-state index in [0.717, 1.165) is 13.6 Å². The molecule has 0 aliphatic rings. The molecule has 0 aliphatic carbocycles. The molecule has 2 rings (SSSR count). The summed E-state index contributed by atoms with van der Waals surface area (Å²) in [6.45, 7) is 0. The van der Waals surface area contributed by atoms with E-state index in [0.29, 0.717) is 10.6 Å². The zero-order valence-corrected chi connectivity index (χ0v) is 14.2. The molecule has 0 fully saturated rings. The molecule has 1 atom stereocenters. The van der Waals surface area contributed by atoms with Gasteiger partial charge >= 0.3 is 0 Å². The highest BCUT2D eigenvalue weighted by Crippen LogP contribution is 2.28. The summed E-state index contributed by atoms with van der Waals surface area (Å²) in [6.07, 6.45) is -0.554. The third kappa shape index (κ3) is 3.90. The Morgan fingerprint density at radius 1 is 1.26 bits per heavy atom. The Hall–Kier alpha value is -0.170. The van der Waals surface area contributed by atoms with Crippen LogP contribution in [0.25, 0.3) is 0 Å². The SMILES string of the molecule is OC(Cc1ccc(Cl)cc1F)c1cc(I)ccc1Br. The molecule has 0 aromatic heterocycles. The van der Waals surface area contributed by atoms with Crippen LogP contribution in [0.5, 0.6) is 0 Å². The number of benzene rings is 2. The van der Waals surface area contributed by atoms with Gasteiger partial charge in [-0.2, -0.15) is 0 Å². The van der Waals surface area contributed by atoms with Crippen LogP contribution in [0.4, 0.5) is 4.39 Å². The van der Waals surface area contributed by atoms with Gasteiger partial charge in [0.2, 0.25) is 0 Å². The van der Waals surface area contributed by atoms with Gasteiger partial charge in [-0.25, -0.2) is 4.39 Å². The summed E-state index contributed by atoms with van der Waals surface area (Å²) in [4.78, 5) is 0. The Bertz CT molecular complexity index is 606. The van der Waals surface area contributed by atoms with E-state index < -0.39 is 11.9 Å². The minimum absolute atomic E-state index is 0.210. The van der Waals surface area contributed by atoms with Gasteiger partial charge in [-0.3, -0.25) is 0 Å². The van der Waals surface area contributed by atoms with Crippen molar-refractivity contribution in [3.8, 4) is 0 Å². The molecular formula is C14H10BrClFIO. The number of halogens is 4. The zero-order valence-electron chi connectivity index (χ0n) is 9.71. The molecule has 2 aromatic rings. The van der Waals surface area contributed by atoms with Gasteiger partial charge in [0.25, 0.3) is 0 Å². The molecule has 19 heavy (non-hydrogen) atoms. The zero-order chi connectivity index (χ0) is 14.0. The monoisotopic (exact) mass is 454 g/mol. The van der Waals surface area contributed by atoms with Gasteiger partial charge in [-0.15, -0.1) is 0 Å². The number of aliphatic hydroxyl groups is 1. The van der Waals surface area contributed by atoms with Crippen LogP contribution < -0.4 is 0 Å². The molecule has 5 heteroatoms. The maximum atomic E-state index is 13.7. The Morgan fingerprint density at radius 2 is 2.00 bits per heavy atom. The van der Waals surface area contributed by atoms with Crippen LogP contribution in [0, 0.1) is 9.39 Å². The van der Waals surface area contributed by atoms with Crippen molar-refractivity contribution >= 4 is 50.1 Å². The average Bonchev–Trinajstić information content (AvgIpc) is 2.35. The highest BCUT2D eigenvalue weighted by Gasteiger charge is 2.15. The van der Waals surface area contributed by atoms with Gasteiger partial charge in [0.1, 0.15) is 5.82 Å². The predicted molar refractivity (Wildman–Crippen MR) is 86.9 cm³/mol. The fourth-order valence-corrected chi connectivity index (χ4v) is 2.96. The van der Waals surface area contributed by atoms with E-state index in [2.05, 4.69) is 38.5 Å². The summed E-state index contributed by atoms with van der Waals surface area (Å²) in [6, 6.07) is 10.2. The molecule has 1 unspecified atom stereocenters. The topological polar surface area (TPSA) is 20.2 Å². The number of hydrogen-bond donors (Lipinski definition) is 1. The normalized spacial score (nSPS) is 12.5. The van der Waals surface area contributed by atoms with E-state index in [1.165, 1.54) is 6.07 Å². The van der Waals surface area contributed by atoms with Crippen molar-refractivity contribution in [1.82, 2.24) is 0 Å². The fraction of sp³-hybridized carbons (Fsp3) is 0.143. The van der Waals surface area contributed by atoms with Crippen LogP contribution >= 0.6 is 50.1 Å². The van der Waals surface area contributed by atoms with E-state index in [1.54, 1.807) is 12.1 Å². The highest BCUT2D eigenvalue weighted by atomic mass is 127. The summed E-state index contributed by atoms with van der Waals surface area (Å²) in [5.74, 6) is -0.395. The molecule has 0 heterocycles. The lowest BCUT2D eigenvalue weighted by atomic mass is 10.0. The summed E-state index contributed by atoms with van der Waals surface area (Å²) in [5.41, 5.74) is 1.20. The lowest BCUT2D eigenvalue weighted by Gasteiger charge is -2.14. The first-order valence-electron chi connectivity index (χ1n) is 5.54. The third-order valence-electron chi connectivity index (χ3n) is 2.75. The van der Waals surface area contributed by atoms with Crippen molar-refractivity contribution in [2.75, 3.05) is 0 Å². The summed E-state index contributed by atoms with van der Waals surface area (Å²) in [7, 11) is 0. The second kappa shape index (κ2) is 6.52. The van der Waals surface area contributed by atoms with Gasteiger partial charge in [-0.1, -0.05) is 33.6 Å². The Morgan fingerprint density at radius 3 is 2.68 bits per heavy atom. The molecule has 1 N–H and O–H groups in total. The standard InChI is InChI=1S/C14H10BrClFIO/c15-12-4-3-10(18)7-11(12)14(19)5-8-1-2-9(16)6-13(8)17/h1-4,6-7,14,19H,5H2. The van der Waals surface area contributed by atoms with Crippen LogP contribution in [0.2, 0.25) is 5.02 Å². The fourth-order valence-electron chi connectivity index (χ4n) is 1.78. The van der Waals surface area contributed by atoms with E-state index in [1.807, 2.05) is 18.2 Å². The molecule has 0 saturated heterocycles. The quantitative estimate of drug-likeness (QED) is 0.637. The van der Waals surface area contributed by atoms with Gasteiger partial charge in [-0.05, 0) is 64.0 Å². The molecule has 100 valence electrons. The summed E-state index contributed by atoms with van der Waals surface area (Å²) >= 11 is 11.3. The third-order valence-corrected chi connectivity index (χ3v) is 4.37. The average molecular weight is 455 g/mol. The predicted octanol–water partition coefficient (Wildman–Crippen LogP) is 5.12. The highest BCUT2D eigenvalue weighted by molar-refractivity contribution is 14.1. The lowest BCUT2D eigenvalue weighted by Crippen LogP contribution is -2.04. The molecule has 0 saturated carbocycles. The Labute approximate surface area is 138 Å². The van der Waals surface area contributed by atoms with Crippen molar-refractivity contribution in [3.63, 3.8) is 0 Å². The van der Waals surface area contributed by atoms with Crippen molar-refractivity contribution in [3.05, 3.63) is 66.4 Å². The van der Waals surface area contributed by atoms with Gasteiger partial charge < -0.3 is 5.11 Å². The van der Waals surface area contributed by atoms with Gasteiger partial charge in [0, 0.05) is 19.5 Å². The largest absolute Gasteiger partial charge is 0.388 e. The minimum Gasteiger partial charge on any atom is -0.388 e. The Kier molecular flexibility index (Phi) is 5.22. The van der Waals surface area contributed by atoms with E-state index >= 15 is 0 Å². The molecule has 0 aliphatic heterocycles. The second-order valence-electron chi connectivity index (χ2n) is 4.12. The van der Waals surface area contributed by atoms with Crippen LogP contribution in [0.1, 0.15) is 17.2 Å². The van der Waals surface area contributed by atoms with Gasteiger partial charge in [0.15, 0.2) is 0 Å². The number of aliphatic hydroxyl groups excluding tert-OH is 1. The van der Waals surface area contributed by atoms with Crippen molar-refractivity contribution < 1.29 is 9.50 Å².